The summed E-state index contributed by atoms with van der Waals surface area (Å²) in [5.74, 6) is -0.844. The molecule has 0 heterocycles. The van der Waals surface area contributed by atoms with E-state index < -0.39 is 5.83 Å². The van der Waals surface area contributed by atoms with Crippen molar-refractivity contribution in [1.29, 1.82) is 0 Å². The van der Waals surface area contributed by atoms with Crippen LogP contribution in [0.3, 0.4) is 0 Å². The monoisotopic (exact) mass is 357 g/mol. The summed E-state index contributed by atoms with van der Waals surface area (Å²) in [5, 5.41) is 0. The molecule has 5 heteroatoms. The summed E-state index contributed by atoms with van der Waals surface area (Å²) >= 11 is 0. The van der Waals surface area contributed by atoms with Gasteiger partial charge in [0.1, 0.15) is 17.5 Å². The van der Waals surface area contributed by atoms with Gasteiger partial charge < -0.3 is 5.73 Å². The van der Waals surface area contributed by atoms with Crippen LogP contribution in [-0.2, 0) is 0 Å². The summed E-state index contributed by atoms with van der Waals surface area (Å²) in [7, 11) is 0.635. The molecule has 26 heavy (non-hydrogen) atoms. The fraction of sp³-hybridized carbons (Fsp3) is 0.238. The third-order valence-electron chi connectivity index (χ3n) is 4.41. The van der Waals surface area contributed by atoms with Gasteiger partial charge in [-0.1, -0.05) is 37.4 Å². The summed E-state index contributed by atoms with van der Waals surface area (Å²) in [6.45, 7) is 5.64. The Labute approximate surface area is 153 Å². The highest BCUT2D eigenvalue weighted by Crippen LogP contribution is 2.30. The third kappa shape index (κ3) is 5.04. The number of hydrogen-bond donors (Lipinski definition) is 1. The molecule has 1 aromatic carbocycles. The minimum Gasteiger partial charge on any atom is -0.398 e. The SMILES string of the molecule is CB/C(=C/C=C(F)\C=C\C=C1\C=C(F)CC1C)c1c(C)cc(F)cc1N. The topological polar surface area (TPSA) is 26.0 Å². The highest BCUT2D eigenvalue weighted by atomic mass is 19.1. The van der Waals surface area contributed by atoms with Gasteiger partial charge in [0.25, 0.3) is 0 Å². The van der Waals surface area contributed by atoms with Crippen LogP contribution in [0.15, 0.2) is 65.8 Å². The lowest BCUT2D eigenvalue weighted by atomic mass is 9.67. The van der Waals surface area contributed by atoms with Crippen molar-refractivity contribution in [2.75, 3.05) is 5.73 Å². The molecule has 0 saturated carbocycles. The largest absolute Gasteiger partial charge is 0.398 e. The lowest BCUT2D eigenvalue weighted by molar-refractivity contribution is 0.564. The molecule has 2 N–H and O–H groups in total. The second-order valence-corrected chi connectivity index (χ2v) is 6.51. The van der Waals surface area contributed by atoms with E-state index in [4.69, 9.17) is 5.73 Å². The van der Waals surface area contributed by atoms with E-state index in [1.807, 2.05) is 13.7 Å². The van der Waals surface area contributed by atoms with E-state index in [0.29, 0.717) is 25.0 Å². The van der Waals surface area contributed by atoms with Crippen molar-refractivity contribution in [3.63, 3.8) is 0 Å². The van der Waals surface area contributed by atoms with Crippen LogP contribution in [0.1, 0.15) is 24.5 Å². The van der Waals surface area contributed by atoms with Gasteiger partial charge in [-0.05, 0) is 59.9 Å². The molecule has 1 aromatic rings. The standard InChI is InChI=1S/C21H23BF3N/c1-13-9-17(24)11-15(13)5-4-6-16(23)7-8-19(22-3)21-14(2)10-18(25)12-20(21)26/h4-8,10-13,22H,9,26H2,1-3H3/b6-4+,15-5-,16-7+,19-8+. The van der Waals surface area contributed by atoms with Crippen LogP contribution in [0.5, 0.6) is 0 Å². The Morgan fingerprint density at radius 3 is 2.58 bits per heavy atom. The van der Waals surface area contributed by atoms with Crippen LogP contribution < -0.4 is 5.73 Å². The number of anilines is 1. The maximum atomic E-state index is 14.0. The molecule has 0 saturated heterocycles. The molecule has 1 aliphatic carbocycles. The zero-order chi connectivity index (χ0) is 19.3. The molecule has 1 nitrogen and oxygen atoms in total. The van der Waals surface area contributed by atoms with Crippen molar-refractivity contribution in [1.82, 2.24) is 0 Å². The Bertz CT molecular complexity index is 809. The minimum atomic E-state index is -0.429. The smallest absolute Gasteiger partial charge is 0.155 e. The zero-order valence-corrected chi connectivity index (χ0v) is 15.3. The molecule has 0 radical (unpaired) electrons. The van der Waals surface area contributed by atoms with Gasteiger partial charge in [-0.25, -0.2) is 13.2 Å². The van der Waals surface area contributed by atoms with Gasteiger partial charge in [-0.15, -0.1) is 0 Å². The lowest BCUT2D eigenvalue weighted by Crippen LogP contribution is -2.01. The highest BCUT2D eigenvalue weighted by molar-refractivity contribution is 6.60. The molecule has 2 rings (SSSR count). The maximum Gasteiger partial charge on any atom is 0.155 e. The number of nitrogen functional groups attached to an aromatic ring is 1. The molecule has 0 aliphatic heterocycles. The molecule has 1 aliphatic rings. The first-order valence-corrected chi connectivity index (χ1v) is 8.68. The van der Waals surface area contributed by atoms with E-state index in [2.05, 4.69) is 0 Å². The predicted molar refractivity (Wildman–Crippen MR) is 106 cm³/mol. The van der Waals surface area contributed by atoms with Crippen LogP contribution >= 0.6 is 0 Å². The third-order valence-corrected chi connectivity index (χ3v) is 4.41. The second kappa shape index (κ2) is 8.79. The number of benzene rings is 1. The highest BCUT2D eigenvalue weighted by Gasteiger charge is 2.16. The Hall–Kier alpha value is -2.43. The van der Waals surface area contributed by atoms with E-state index in [0.717, 1.165) is 16.6 Å². The van der Waals surface area contributed by atoms with Gasteiger partial charge in [0.15, 0.2) is 7.28 Å². The van der Waals surface area contributed by atoms with Crippen molar-refractivity contribution in [3.8, 4) is 0 Å². The van der Waals surface area contributed by atoms with E-state index in [1.54, 1.807) is 25.2 Å². The Balaban J connectivity index is 2.20. The van der Waals surface area contributed by atoms with Gasteiger partial charge in [0.2, 0.25) is 0 Å². The quantitative estimate of drug-likeness (QED) is 0.404. The van der Waals surface area contributed by atoms with E-state index in [1.165, 1.54) is 30.4 Å². The molecule has 0 aromatic heterocycles. The minimum absolute atomic E-state index is 0.114. The number of hydrogen-bond acceptors (Lipinski definition) is 1. The summed E-state index contributed by atoms with van der Waals surface area (Å²) in [5.41, 5.74) is 9.41. The molecule has 0 amide bonds. The first-order chi connectivity index (χ1) is 12.3. The van der Waals surface area contributed by atoms with E-state index in [-0.39, 0.29) is 17.6 Å². The predicted octanol–water partition coefficient (Wildman–Crippen LogP) is 5.77. The van der Waals surface area contributed by atoms with Crippen LogP contribution in [0.2, 0.25) is 6.82 Å². The molecular weight excluding hydrogens is 334 g/mol. The average molecular weight is 357 g/mol. The fourth-order valence-electron chi connectivity index (χ4n) is 3.08. The Morgan fingerprint density at radius 1 is 1.27 bits per heavy atom. The Kier molecular flexibility index (Phi) is 6.73. The first-order valence-electron chi connectivity index (χ1n) is 8.68. The summed E-state index contributed by atoms with van der Waals surface area (Å²) in [6, 6.07) is 2.68. The number of allylic oxidation sites excluding steroid dienone is 9. The second-order valence-electron chi connectivity index (χ2n) is 6.51. The maximum absolute atomic E-state index is 14.0. The number of rotatable bonds is 5. The molecule has 136 valence electrons. The molecule has 0 spiro atoms. The first kappa shape index (κ1) is 19.9. The zero-order valence-electron chi connectivity index (χ0n) is 15.3. The van der Waals surface area contributed by atoms with Crippen molar-refractivity contribution in [2.45, 2.75) is 27.1 Å². The van der Waals surface area contributed by atoms with E-state index >= 15 is 0 Å². The molecule has 1 unspecified atom stereocenters. The van der Waals surface area contributed by atoms with Crippen LogP contribution in [-0.4, -0.2) is 7.28 Å². The van der Waals surface area contributed by atoms with Gasteiger partial charge in [0, 0.05) is 12.1 Å². The molecular formula is C21H23BF3N. The Morgan fingerprint density at radius 2 is 2.00 bits per heavy atom. The van der Waals surface area contributed by atoms with Gasteiger partial charge in [-0.3, -0.25) is 0 Å². The number of aryl methyl sites for hydroxylation is 1. The van der Waals surface area contributed by atoms with Crippen molar-refractivity contribution < 1.29 is 13.2 Å². The van der Waals surface area contributed by atoms with Gasteiger partial charge in [0.05, 0.1) is 0 Å². The van der Waals surface area contributed by atoms with Gasteiger partial charge in [-0.2, -0.15) is 0 Å². The normalized spacial score (nSPS) is 20.2. The van der Waals surface area contributed by atoms with Crippen molar-refractivity contribution >= 4 is 18.4 Å². The van der Waals surface area contributed by atoms with Crippen molar-refractivity contribution in [2.24, 2.45) is 5.92 Å². The lowest BCUT2D eigenvalue weighted by Gasteiger charge is -2.12. The van der Waals surface area contributed by atoms with Crippen molar-refractivity contribution in [3.05, 3.63) is 82.8 Å². The van der Waals surface area contributed by atoms with Crippen LogP contribution in [0.25, 0.3) is 5.47 Å². The number of nitrogens with two attached hydrogens (primary N) is 1. The molecule has 0 fully saturated rings. The summed E-state index contributed by atoms with van der Waals surface area (Å²) in [4.78, 5) is 0. The summed E-state index contributed by atoms with van der Waals surface area (Å²) in [6.07, 6.45) is 9.52. The molecule has 1 atom stereocenters. The fourth-order valence-corrected chi connectivity index (χ4v) is 3.08. The molecule has 0 bridgehead atoms. The van der Waals surface area contributed by atoms with Gasteiger partial charge >= 0.3 is 0 Å². The van der Waals surface area contributed by atoms with Crippen LogP contribution in [0.4, 0.5) is 18.9 Å². The summed E-state index contributed by atoms with van der Waals surface area (Å²) < 4.78 is 40.6. The number of halogens is 3. The van der Waals surface area contributed by atoms with Crippen LogP contribution in [0, 0.1) is 18.7 Å². The average Bonchev–Trinajstić information content (AvgIpc) is 2.87. The van der Waals surface area contributed by atoms with E-state index in [9.17, 15) is 13.2 Å².